The van der Waals surface area contributed by atoms with E-state index in [0.29, 0.717) is 35.1 Å². The average molecular weight is 520 g/mol. The highest BCUT2D eigenvalue weighted by molar-refractivity contribution is 6.42. The second-order valence-corrected chi connectivity index (χ2v) is 10.0. The summed E-state index contributed by atoms with van der Waals surface area (Å²) in [5, 5.41) is 1.89. The van der Waals surface area contributed by atoms with Crippen molar-refractivity contribution in [3.8, 4) is 0 Å². The lowest BCUT2D eigenvalue weighted by atomic mass is 10.1. The van der Waals surface area contributed by atoms with E-state index in [-0.39, 0.29) is 24.4 Å². The molecular weight excluding hydrogens is 493 g/mol. The maximum Gasteiger partial charge on any atom is 0.254 e. The molecule has 0 bridgehead atoms. The van der Waals surface area contributed by atoms with Gasteiger partial charge in [-0.25, -0.2) is 0 Å². The number of halogens is 2. The van der Waals surface area contributed by atoms with Crippen LogP contribution in [0.1, 0.15) is 34.3 Å². The summed E-state index contributed by atoms with van der Waals surface area (Å²) in [4.78, 5) is 33.8. The van der Waals surface area contributed by atoms with Crippen LogP contribution < -0.4 is 0 Å². The predicted octanol–water partition coefficient (Wildman–Crippen LogP) is 6.35. The summed E-state index contributed by atoms with van der Waals surface area (Å²) >= 11 is 12.2. The quantitative estimate of drug-likeness (QED) is 0.280. The first-order chi connectivity index (χ1) is 17.5. The van der Waals surface area contributed by atoms with Gasteiger partial charge in [0.15, 0.2) is 0 Å². The van der Waals surface area contributed by atoms with Gasteiger partial charge in [-0.1, -0.05) is 71.7 Å². The molecule has 5 nitrogen and oxygen atoms in total. The minimum absolute atomic E-state index is 0.0322. The van der Waals surface area contributed by atoms with Gasteiger partial charge in [0.25, 0.3) is 5.91 Å². The smallest absolute Gasteiger partial charge is 0.254 e. The molecule has 1 aliphatic carbocycles. The minimum atomic E-state index is -0.194. The Labute approximate surface area is 220 Å². The molecule has 0 saturated heterocycles. The number of rotatable bonds is 9. The van der Waals surface area contributed by atoms with E-state index in [4.69, 9.17) is 23.2 Å². The van der Waals surface area contributed by atoms with Gasteiger partial charge in [-0.2, -0.15) is 0 Å². The van der Waals surface area contributed by atoms with Gasteiger partial charge >= 0.3 is 0 Å². The number of carbonyl (C=O) groups excluding carboxylic acids is 2. The zero-order valence-corrected chi connectivity index (χ0v) is 21.3. The maximum atomic E-state index is 13.6. The summed E-state index contributed by atoms with van der Waals surface area (Å²) in [6, 6.07) is 23.0. The number of fused-ring (bicyclic) bond motifs is 1. The average Bonchev–Trinajstić information content (AvgIpc) is 3.66. The molecule has 1 fully saturated rings. The minimum Gasteiger partial charge on any atom is -0.361 e. The Morgan fingerprint density at radius 3 is 2.42 bits per heavy atom. The molecule has 1 heterocycles. The highest BCUT2D eigenvalue weighted by Crippen LogP contribution is 2.30. The van der Waals surface area contributed by atoms with Crippen LogP contribution in [0.15, 0.2) is 79.0 Å². The molecule has 0 spiro atoms. The molecule has 1 aliphatic rings. The molecule has 184 valence electrons. The van der Waals surface area contributed by atoms with Gasteiger partial charge in [-0.3, -0.25) is 9.59 Å². The van der Waals surface area contributed by atoms with Crippen molar-refractivity contribution in [2.45, 2.75) is 31.8 Å². The number of carbonyl (C=O) groups is 2. The van der Waals surface area contributed by atoms with E-state index in [2.05, 4.69) is 11.1 Å². The molecule has 3 aromatic carbocycles. The van der Waals surface area contributed by atoms with Crippen LogP contribution in [-0.2, 0) is 17.8 Å². The lowest BCUT2D eigenvalue weighted by molar-refractivity contribution is -0.132. The maximum absolute atomic E-state index is 13.6. The van der Waals surface area contributed by atoms with Gasteiger partial charge in [-0.15, -0.1) is 0 Å². The Morgan fingerprint density at radius 2 is 1.67 bits per heavy atom. The van der Waals surface area contributed by atoms with Gasteiger partial charge in [0, 0.05) is 41.8 Å². The Hall–Kier alpha value is -3.28. The molecule has 0 aliphatic heterocycles. The summed E-state index contributed by atoms with van der Waals surface area (Å²) < 4.78 is 0. The monoisotopic (exact) mass is 519 g/mol. The molecule has 1 saturated carbocycles. The summed E-state index contributed by atoms with van der Waals surface area (Å²) in [5.41, 5.74) is 3.75. The lowest BCUT2D eigenvalue weighted by Crippen LogP contribution is -2.44. The molecule has 0 unspecified atom stereocenters. The molecule has 5 rings (SSSR count). The molecule has 0 radical (unpaired) electrons. The van der Waals surface area contributed by atoms with Crippen LogP contribution in [0.25, 0.3) is 10.9 Å². The highest BCUT2D eigenvalue weighted by Gasteiger charge is 2.35. The van der Waals surface area contributed by atoms with Crippen molar-refractivity contribution >= 4 is 45.9 Å². The SMILES string of the molecule is O=C(CN(C(=O)c1ccc(Cl)c(Cl)c1)C1CC1)N(CCc1c[nH]c2ccccc12)Cc1ccccc1. The van der Waals surface area contributed by atoms with Crippen LogP contribution >= 0.6 is 23.2 Å². The molecule has 7 heteroatoms. The standard InChI is InChI=1S/C29H27Cl2N3O2/c30-25-13-10-21(16-26(25)31)29(36)34(23-11-12-23)19-28(35)33(18-20-6-2-1-3-7-20)15-14-22-17-32-27-9-5-4-8-24(22)27/h1-10,13,16-17,23,32H,11-12,14-15,18-19H2. The largest absolute Gasteiger partial charge is 0.361 e. The van der Waals surface area contributed by atoms with Crippen molar-refractivity contribution in [3.63, 3.8) is 0 Å². The van der Waals surface area contributed by atoms with E-state index in [1.54, 1.807) is 23.1 Å². The fourth-order valence-electron chi connectivity index (χ4n) is 4.48. The van der Waals surface area contributed by atoms with Crippen molar-refractivity contribution in [2.24, 2.45) is 0 Å². The molecule has 2 amide bonds. The number of para-hydroxylation sites is 1. The molecule has 1 aromatic heterocycles. The molecular formula is C29H27Cl2N3O2. The molecule has 1 N–H and O–H groups in total. The number of nitrogens with one attached hydrogen (secondary N) is 1. The Morgan fingerprint density at radius 1 is 0.917 bits per heavy atom. The third kappa shape index (κ3) is 5.58. The summed E-state index contributed by atoms with van der Waals surface area (Å²) in [7, 11) is 0. The van der Waals surface area contributed by atoms with Crippen molar-refractivity contribution < 1.29 is 9.59 Å². The number of H-pyrrole nitrogens is 1. The fraction of sp³-hybridized carbons (Fsp3) is 0.241. The Kier molecular flexibility index (Phi) is 7.30. The van der Waals surface area contributed by atoms with Crippen LogP contribution in [0, 0.1) is 0 Å². The second-order valence-electron chi connectivity index (χ2n) is 9.20. The van der Waals surface area contributed by atoms with Crippen molar-refractivity contribution in [2.75, 3.05) is 13.1 Å². The zero-order valence-electron chi connectivity index (χ0n) is 19.8. The molecule has 4 aromatic rings. The van der Waals surface area contributed by atoms with Crippen LogP contribution in [-0.4, -0.2) is 45.7 Å². The Bertz CT molecular complexity index is 1380. The van der Waals surface area contributed by atoms with Crippen LogP contribution in [0.5, 0.6) is 0 Å². The third-order valence-corrected chi connectivity index (χ3v) is 7.35. The fourth-order valence-corrected chi connectivity index (χ4v) is 4.78. The van der Waals surface area contributed by atoms with Crippen molar-refractivity contribution in [1.82, 2.24) is 14.8 Å². The highest BCUT2D eigenvalue weighted by atomic mass is 35.5. The van der Waals surface area contributed by atoms with E-state index in [1.165, 1.54) is 10.9 Å². The van der Waals surface area contributed by atoms with E-state index >= 15 is 0 Å². The topological polar surface area (TPSA) is 56.4 Å². The number of benzene rings is 3. The van der Waals surface area contributed by atoms with Gasteiger partial charge in [0.2, 0.25) is 5.91 Å². The van der Waals surface area contributed by atoms with E-state index in [1.807, 2.05) is 59.6 Å². The number of hydrogen-bond acceptors (Lipinski definition) is 2. The zero-order chi connectivity index (χ0) is 25.1. The number of amides is 2. The first-order valence-corrected chi connectivity index (χ1v) is 12.9. The van der Waals surface area contributed by atoms with Gasteiger partial charge in [-0.05, 0) is 54.7 Å². The van der Waals surface area contributed by atoms with Crippen LogP contribution in [0.2, 0.25) is 10.0 Å². The van der Waals surface area contributed by atoms with Crippen molar-refractivity contribution in [1.29, 1.82) is 0 Å². The molecule has 36 heavy (non-hydrogen) atoms. The first-order valence-electron chi connectivity index (χ1n) is 12.1. The number of aromatic amines is 1. The van der Waals surface area contributed by atoms with Crippen LogP contribution in [0.4, 0.5) is 0 Å². The first kappa shape index (κ1) is 24.4. The third-order valence-electron chi connectivity index (χ3n) is 6.62. The van der Waals surface area contributed by atoms with E-state index in [9.17, 15) is 9.59 Å². The predicted molar refractivity (Wildman–Crippen MR) is 144 cm³/mol. The van der Waals surface area contributed by atoms with Crippen LogP contribution in [0.3, 0.4) is 0 Å². The van der Waals surface area contributed by atoms with Gasteiger partial charge in [0.1, 0.15) is 6.54 Å². The number of aromatic nitrogens is 1. The lowest BCUT2D eigenvalue weighted by Gasteiger charge is -2.28. The normalized spacial score (nSPS) is 13.1. The van der Waals surface area contributed by atoms with Gasteiger partial charge in [0.05, 0.1) is 10.0 Å². The number of hydrogen-bond donors (Lipinski definition) is 1. The van der Waals surface area contributed by atoms with Gasteiger partial charge < -0.3 is 14.8 Å². The second kappa shape index (κ2) is 10.8. The molecule has 0 atom stereocenters. The van der Waals surface area contributed by atoms with E-state index in [0.717, 1.165) is 23.9 Å². The summed E-state index contributed by atoms with van der Waals surface area (Å²) in [6.45, 7) is 1.07. The number of nitrogens with zero attached hydrogens (tertiary/aromatic N) is 2. The summed E-state index contributed by atoms with van der Waals surface area (Å²) in [5.74, 6) is -0.264. The van der Waals surface area contributed by atoms with Crippen molar-refractivity contribution in [3.05, 3.63) is 106 Å². The van der Waals surface area contributed by atoms with E-state index < -0.39 is 0 Å². The Balaban J connectivity index is 1.35. The summed E-state index contributed by atoms with van der Waals surface area (Å²) in [6.07, 6.45) is 4.52.